The van der Waals surface area contributed by atoms with Crippen LogP contribution in [0.4, 0.5) is 0 Å². The number of nitrogens with zero attached hydrogens (tertiary/aromatic N) is 1. The van der Waals surface area contributed by atoms with Crippen molar-refractivity contribution in [1.82, 2.24) is 31.3 Å². The molecule has 0 aromatic heterocycles. The van der Waals surface area contributed by atoms with Crippen LogP contribution in [0.1, 0.15) is 89.0 Å². The molecule has 2 bridgehead atoms. The topological polar surface area (TPSA) is 249 Å². The summed E-state index contributed by atoms with van der Waals surface area (Å²) < 4.78 is 41.1. The number of esters is 1. The van der Waals surface area contributed by atoms with E-state index in [2.05, 4.69) is 36.3 Å². The summed E-state index contributed by atoms with van der Waals surface area (Å²) in [6.45, 7) is 14.1. The second-order valence-corrected chi connectivity index (χ2v) is 17.1. The summed E-state index contributed by atoms with van der Waals surface area (Å²) in [5, 5.41) is 13.5. The normalized spacial score (nSPS) is 24.0. The molecule has 1 aromatic carbocycles. The molecule has 0 radical (unpaired) electrons. The van der Waals surface area contributed by atoms with Gasteiger partial charge in [0.2, 0.25) is 29.6 Å². The number of fused-ring (bicyclic) bond motifs is 3. The van der Waals surface area contributed by atoms with E-state index in [0.717, 1.165) is 17.5 Å². The molecule has 294 valence electrons. The van der Waals surface area contributed by atoms with Crippen LogP contribution >= 0.6 is 0 Å². The second kappa shape index (κ2) is 16.3. The molecule has 2 saturated heterocycles. The van der Waals surface area contributed by atoms with Crippen molar-refractivity contribution < 1.29 is 41.9 Å². The summed E-state index contributed by atoms with van der Waals surface area (Å²) in [5.74, 6) is -2.81. The van der Waals surface area contributed by atoms with E-state index in [1.54, 1.807) is 34.6 Å². The summed E-state index contributed by atoms with van der Waals surface area (Å²) in [6, 6.07) is -3.55. The van der Waals surface area contributed by atoms with Gasteiger partial charge >= 0.3 is 5.97 Å². The third-order valence-corrected chi connectivity index (χ3v) is 11.0. The minimum absolute atomic E-state index is 0.0146. The molecule has 3 aliphatic rings. The number of rotatable bonds is 8. The van der Waals surface area contributed by atoms with Crippen molar-refractivity contribution in [1.29, 1.82) is 0 Å². The number of benzene rings is 1. The van der Waals surface area contributed by atoms with E-state index in [-0.39, 0.29) is 48.8 Å². The molecule has 4 rings (SSSR count). The molecule has 0 saturated carbocycles. The molecule has 2 fully saturated rings. The maximum Gasteiger partial charge on any atom is 0.308 e. The number of carbonyl (C=O) groups excluding carboxylic acids is 5. The Morgan fingerprint density at radius 3 is 2.38 bits per heavy atom. The standard InChI is InChI=1S/C35H54N8O9S/c1-18-19(2)29(20(3)22-11-12-35(7,8)52-28(18)22)53(49,50)43-33(36)37-13-9-10-23-30(46)39-17-26(44)41-25(15-27(45)51-34(4,5)6)32(48)40-21-14-24(38-16-21)31(47)42-23/h21,23-25,38H,9-17H2,1-8H3,(H,39,46)(H,40,48)(H,41,44)(H,42,47)(H3,36,37,43)/t21-,23+,24-,25+/m1/s1. The molecule has 0 aliphatic carbocycles. The van der Waals surface area contributed by atoms with Gasteiger partial charge in [-0.15, -0.1) is 0 Å². The fourth-order valence-electron chi connectivity index (χ4n) is 6.65. The lowest BCUT2D eigenvalue weighted by molar-refractivity contribution is -0.156. The first kappa shape index (κ1) is 41.3. The predicted molar refractivity (Wildman–Crippen MR) is 195 cm³/mol. The number of hydrogen-bond acceptors (Lipinski definition) is 11. The van der Waals surface area contributed by atoms with Gasteiger partial charge in [0.05, 0.1) is 23.9 Å². The fraction of sp³-hybridized carbons (Fsp3) is 0.657. The zero-order chi connectivity index (χ0) is 39.5. The van der Waals surface area contributed by atoms with Gasteiger partial charge in [-0.25, -0.2) is 13.1 Å². The Labute approximate surface area is 310 Å². The molecule has 17 nitrogen and oxygen atoms in total. The first-order valence-corrected chi connectivity index (χ1v) is 19.3. The van der Waals surface area contributed by atoms with Crippen molar-refractivity contribution in [3.05, 3.63) is 22.3 Å². The smallest absolute Gasteiger partial charge is 0.308 e. The van der Waals surface area contributed by atoms with E-state index in [0.29, 0.717) is 23.3 Å². The fourth-order valence-corrected chi connectivity index (χ4v) is 8.17. The van der Waals surface area contributed by atoms with E-state index in [4.69, 9.17) is 15.2 Å². The number of nitrogens with two attached hydrogens (primary N) is 1. The Morgan fingerprint density at radius 2 is 1.70 bits per heavy atom. The van der Waals surface area contributed by atoms with E-state index in [1.165, 1.54) is 0 Å². The zero-order valence-corrected chi connectivity index (χ0v) is 32.6. The number of ether oxygens (including phenoxy) is 2. The molecule has 1 aromatic rings. The Morgan fingerprint density at radius 1 is 1.00 bits per heavy atom. The number of carbonyl (C=O) groups is 5. The third-order valence-electron chi connectivity index (χ3n) is 9.40. The van der Waals surface area contributed by atoms with Crippen LogP contribution < -0.4 is 41.8 Å². The summed E-state index contributed by atoms with van der Waals surface area (Å²) in [7, 11) is -4.12. The zero-order valence-electron chi connectivity index (χ0n) is 31.8. The highest BCUT2D eigenvalue weighted by Crippen LogP contribution is 2.42. The summed E-state index contributed by atoms with van der Waals surface area (Å²) >= 11 is 0. The first-order chi connectivity index (χ1) is 24.6. The number of sulfonamides is 1. The number of hydrogen-bond donors (Lipinski definition) is 7. The monoisotopic (exact) mass is 762 g/mol. The molecule has 4 amide bonds. The van der Waals surface area contributed by atoms with Gasteiger partial charge in [-0.2, -0.15) is 0 Å². The van der Waals surface area contributed by atoms with Crippen LogP contribution in [0.25, 0.3) is 0 Å². The third kappa shape index (κ3) is 10.8. The van der Waals surface area contributed by atoms with Crippen molar-refractivity contribution >= 4 is 45.6 Å². The van der Waals surface area contributed by atoms with Gasteiger partial charge in [-0.1, -0.05) is 0 Å². The molecule has 0 spiro atoms. The largest absolute Gasteiger partial charge is 0.487 e. The lowest BCUT2D eigenvalue weighted by atomic mass is 9.88. The van der Waals surface area contributed by atoms with Crippen molar-refractivity contribution in [3.63, 3.8) is 0 Å². The maximum atomic E-state index is 13.6. The van der Waals surface area contributed by atoms with Gasteiger partial charge in [0.1, 0.15) is 29.0 Å². The predicted octanol–water partition coefficient (Wildman–Crippen LogP) is -0.233. The second-order valence-electron chi connectivity index (χ2n) is 15.5. The lowest BCUT2D eigenvalue weighted by Crippen LogP contribution is -2.55. The number of guanidine groups is 1. The highest BCUT2D eigenvalue weighted by Gasteiger charge is 2.36. The number of nitrogens with one attached hydrogen (secondary N) is 6. The van der Waals surface area contributed by atoms with Crippen molar-refractivity contribution in [2.24, 2.45) is 10.7 Å². The van der Waals surface area contributed by atoms with Crippen molar-refractivity contribution in [2.45, 2.75) is 134 Å². The molecule has 4 atom stereocenters. The molecular formula is C35H54N8O9S. The van der Waals surface area contributed by atoms with Gasteiger partial charge in [0.25, 0.3) is 10.0 Å². The van der Waals surface area contributed by atoms with E-state index < -0.39 is 82.4 Å². The van der Waals surface area contributed by atoms with Crippen LogP contribution in [-0.4, -0.2) is 99.0 Å². The Hall–Kier alpha value is -4.45. The number of amides is 4. The van der Waals surface area contributed by atoms with E-state index in [1.807, 2.05) is 20.8 Å². The average molecular weight is 763 g/mol. The van der Waals surface area contributed by atoms with Crippen molar-refractivity contribution in [2.75, 3.05) is 19.6 Å². The van der Waals surface area contributed by atoms with Crippen LogP contribution in [0.15, 0.2) is 9.89 Å². The van der Waals surface area contributed by atoms with Crippen molar-refractivity contribution in [3.8, 4) is 5.75 Å². The SMILES string of the molecule is Cc1c(C)c(S(=O)(=O)NC(N)=NCCC[C@@H]2NC(=O)[C@H]3C[C@H](CN3)NC(=O)[C@H](CC(=O)OC(C)(C)C)NC(=O)CNC2=O)c(C)c2c1OC(C)(C)CC2. The highest BCUT2D eigenvalue weighted by molar-refractivity contribution is 7.90. The Balaban J connectivity index is 1.41. The molecule has 18 heteroatoms. The Bertz CT molecular complexity index is 1770. The van der Waals surface area contributed by atoms with Gasteiger partial charge in [-0.3, -0.25) is 29.0 Å². The summed E-state index contributed by atoms with van der Waals surface area (Å²) in [4.78, 5) is 69.1. The van der Waals surface area contributed by atoms with E-state index >= 15 is 0 Å². The summed E-state index contributed by atoms with van der Waals surface area (Å²) in [5.41, 5.74) is 7.59. The summed E-state index contributed by atoms with van der Waals surface area (Å²) in [6.07, 6.45) is 1.46. The van der Waals surface area contributed by atoms with E-state index in [9.17, 15) is 32.4 Å². The minimum atomic E-state index is -4.12. The first-order valence-electron chi connectivity index (χ1n) is 17.8. The van der Waals surface area contributed by atoms with Gasteiger partial charge < -0.3 is 41.8 Å². The minimum Gasteiger partial charge on any atom is -0.487 e. The van der Waals surface area contributed by atoms with Crippen LogP contribution in [0.5, 0.6) is 5.75 Å². The molecule has 3 aliphatic heterocycles. The van der Waals surface area contributed by atoms with Gasteiger partial charge in [0.15, 0.2) is 0 Å². The molecule has 8 N–H and O–H groups in total. The Kier molecular flexibility index (Phi) is 12.7. The van der Waals surface area contributed by atoms with Crippen LogP contribution in [0.2, 0.25) is 0 Å². The number of aliphatic imine (C=N–C) groups is 1. The highest BCUT2D eigenvalue weighted by atomic mass is 32.2. The lowest BCUT2D eigenvalue weighted by Gasteiger charge is -2.35. The average Bonchev–Trinajstić information content (AvgIpc) is 3.50. The maximum absolute atomic E-state index is 13.6. The molecule has 3 heterocycles. The van der Waals surface area contributed by atoms with Crippen LogP contribution in [-0.2, 0) is 45.2 Å². The van der Waals surface area contributed by atoms with Crippen LogP contribution in [0, 0.1) is 20.8 Å². The molecular weight excluding hydrogens is 708 g/mol. The van der Waals surface area contributed by atoms with Crippen LogP contribution in [0.3, 0.4) is 0 Å². The molecule has 0 unspecified atom stereocenters. The van der Waals surface area contributed by atoms with Gasteiger partial charge in [-0.05, 0) is 110 Å². The quantitative estimate of drug-likeness (QED) is 0.0789. The van der Waals surface area contributed by atoms with Gasteiger partial charge in [0, 0.05) is 19.1 Å². The molecule has 53 heavy (non-hydrogen) atoms.